The molecule has 0 spiro atoms. The molecule has 0 aromatic carbocycles. The van der Waals surface area contributed by atoms with E-state index in [1.165, 1.54) is 0 Å². The van der Waals surface area contributed by atoms with Gasteiger partial charge >= 0.3 is 19.5 Å². The largest absolute Gasteiger partial charge is 2.00 e. The van der Waals surface area contributed by atoms with Crippen molar-refractivity contribution in [2.24, 2.45) is 0 Å². The summed E-state index contributed by atoms with van der Waals surface area (Å²) in [6.07, 6.45) is -0.324. The number of hydrogen-bond acceptors (Lipinski definition) is 6. The van der Waals surface area contributed by atoms with Crippen LogP contribution in [0.1, 0.15) is 20.8 Å². The zero-order valence-electron chi connectivity index (χ0n) is 9.48. The van der Waals surface area contributed by atoms with Crippen LogP contribution < -0.4 is 10.2 Å². The van der Waals surface area contributed by atoms with Crippen LogP contribution in [0.4, 0.5) is 0 Å². The number of aliphatic carboxylic acids is 2. The van der Waals surface area contributed by atoms with Gasteiger partial charge in [-0.1, -0.05) is 0 Å². The van der Waals surface area contributed by atoms with Gasteiger partial charge in [-0.25, -0.2) is 0 Å². The Morgan fingerprint density at radius 3 is 1.47 bits per heavy atom. The van der Waals surface area contributed by atoms with Gasteiger partial charge in [0.15, 0.2) is 0 Å². The van der Waals surface area contributed by atoms with Crippen LogP contribution in [0.5, 0.6) is 0 Å². The van der Waals surface area contributed by atoms with E-state index in [1.807, 2.05) is 0 Å². The summed E-state index contributed by atoms with van der Waals surface area (Å²) in [5, 5.41) is 26.2. The Kier molecular flexibility index (Phi) is 30.5. The van der Waals surface area contributed by atoms with Gasteiger partial charge in [-0.15, -0.1) is 0 Å². The van der Waals surface area contributed by atoms with E-state index in [-0.39, 0.29) is 25.6 Å². The van der Waals surface area contributed by atoms with Crippen LogP contribution in [-0.4, -0.2) is 36.9 Å². The first-order valence-electron chi connectivity index (χ1n) is 3.76. The van der Waals surface area contributed by atoms with Crippen molar-refractivity contribution in [1.82, 2.24) is 0 Å². The minimum Gasteiger partial charge on any atom is -0.550 e. The number of carbonyl (C=O) groups is 2. The molecule has 1 unspecified atom stereocenters. The van der Waals surface area contributed by atoms with E-state index in [9.17, 15) is 0 Å². The standard InChI is InChI=1S/C4H10O2.2C2H4O2.Zn/c1-4(5)3-6-2;2*1-2(3)4;/h4-5H,3H2,1-2H3;2*1H3,(H,3,4);/q;;;+2/p-2. The van der Waals surface area contributed by atoms with Crippen molar-refractivity contribution in [1.29, 1.82) is 0 Å². The molecule has 0 heterocycles. The molecule has 1 atom stereocenters. The van der Waals surface area contributed by atoms with E-state index >= 15 is 0 Å². The summed E-state index contributed by atoms with van der Waals surface area (Å²) >= 11 is 0. The Labute approximate surface area is 102 Å². The van der Waals surface area contributed by atoms with Crippen molar-refractivity contribution in [3.8, 4) is 0 Å². The maximum Gasteiger partial charge on any atom is 2.00 e. The van der Waals surface area contributed by atoms with Crippen molar-refractivity contribution in [3.05, 3.63) is 0 Å². The summed E-state index contributed by atoms with van der Waals surface area (Å²) in [6.45, 7) is 4.06. The van der Waals surface area contributed by atoms with Crippen molar-refractivity contribution in [2.45, 2.75) is 26.9 Å². The molecule has 0 aliphatic heterocycles. The second-order valence-corrected chi connectivity index (χ2v) is 2.29. The summed E-state index contributed by atoms with van der Waals surface area (Å²) in [5.41, 5.74) is 0. The smallest absolute Gasteiger partial charge is 0.550 e. The number of ether oxygens (including phenoxy) is 1. The SMILES string of the molecule is CC(=O)[O-].CC(=O)[O-].COCC(C)O.[Zn+2]. The minimum absolute atomic E-state index is 0. The Morgan fingerprint density at radius 2 is 1.47 bits per heavy atom. The number of rotatable bonds is 2. The summed E-state index contributed by atoms with van der Waals surface area (Å²) in [7, 11) is 1.56. The molecule has 0 radical (unpaired) electrons. The maximum absolute atomic E-state index is 8.89. The average molecular weight is 274 g/mol. The molecule has 15 heavy (non-hydrogen) atoms. The van der Waals surface area contributed by atoms with E-state index in [0.29, 0.717) is 6.61 Å². The summed E-state index contributed by atoms with van der Waals surface area (Å²) in [6, 6.07) is 0. The van der Waals surface area contributed by atoms with Crippen molar-refractivity contribution >= 4 is 11.9 Å². The molecule has 0 aromatic rings. The second kappa shape index (κ2) is 19.1. The quantitative estimate of drug-likeness (QED) is 0.558. The van der Waals surface area contributed by atoms with Gasteiger partial charge in [0.25, 0.3) is 0 Å². The maximum atomic E-state index is 8.89. The van der Waals surface area contributed by atoms with Crippen LogP contribution in [0, 0.1) is 0 Å². The number of aliphatic hydroxyl groups excluding tert-OH is 1. The zero-order valence-corrected chi connectivity index (χ0v) is 12.4. The van der Waals surface area contributed by atoms with Gasteiger partial charge in [-0.2, -0.15) is 0 Å². The summed E-state index contributed by atoms with van der Waals surface area (Å²) in [5.74, 6) is -2.17. The average Bonchev–Trinajstić information content (AvgIpc) is 1.82. The molecule has 0 fully saturated rings. The number of hydrogen-bond donors (Lipinski definition) is 1. The molecule has 86 valence electrons. The van der Waals surface area contributed by atoms with Gasteiger partial charge in [-0.05, 0) is 20.8 Å². The molecule has 0 saturated heterocycles. The van der Waals surface area contributed by atoms with E-state index in [1.54, 1.807) is 14.0 Å². The molecule has 0 aliphatic rings. The third-order valence-corrected chi connectivity index (χ3v) is 0.408. The van der Waals surface area contributed by atoms with Gasteiger partial charge < -0.3 is 29.6 Å². The predicted octanol–water partition coefficient (Wildman–Crippen LogP) is -2.48. The molecule has 7 heteroatoms. The topological polar surface area (TPSA) is 110 Å². The van der Waals surface area contributed by atoms with Gasteiger partial charge in [0.2, 0.25) is 0 Å². The van der Waals surface area contributed by atoms with Crippen LogP contribution >= 0.6 is 0 Å². The molecule has 0 rings (SSSR count). The van der Waals surface area contributed by atoms with Crippen molar-refractivity contribution in [2.75, 3.05) is 13.7 Å². The fourth-order valence-electron chi connectivity index (χ4n) is 0.241. The molecule has 0 aromatic heterocycles. The van der Waals surface area contributed by atoms with E-state index in [0.717, 1.165) is 13.8 Å². The molecule has 0 bridgehead atoms. The number of methoxy groups -OCH3 is 1. The van der Waals surface area contributed by atoms with Gasteiger partial charge in [-0.3, -0.25) is 0 Å². The molecule has 0 saturated carbocycles. The molecule has 0 aliphatic carbocycles. The second-order valence-electron chi connectivity index (χ2n) is 2.29. The molecular formula is C8H16O6Zn. The Balaban J connectivity index is -0.0000000606. The van der Waals surface area contributed by atoms with E-state index in [2.05, 4.69) is 4.74 Å². The van der Waals surface area contributed by atoms with Gasteiger partial charge in [0, 0.05) is 19.0 Å². The third kappa shape index (κ3) is 288. The fourth-order valence-corrected chi connectivity index (χ4v) is 0.241. The number of aliphatic hydroxyl groups is 1. The molecule has 0 amide bonds. The van der Waals surface area contributed by atoms with Crippen LogP contribution in [-0.2, 0) is 33.8 Å². The summed E-state index contributed by atoms with van der Waals surface area (Å²) < 4.78 is 4.55. The van der Waals surface area contributed by atoms with E-state index < -0.39 is 11.9 Å². The minimum atomic E-state index is -1.08. The first-order chi connectivity index (χ1) is 6.23. The molecule has 1 N–H and O–H groups in total. The first-order valence-corrected chi connectivity index (χ1v) is 3.76. The fraction of sp³-hybridized carbons (Fsp3) is 0.750. The van der Waals surface area contributed by atoms with Crippen LogP contribution in [0.2, 0.25) is 0 Å². The number of carboxylic acid groups (broad SMARTS) is 2. The molecule has 6 nitrogen and oxygen atoms in total. The predicted molar refractivity (Wildman–Crippen MR) is 44.9 cm³/mol. The Bertz CT molecular complexity index is 128. The van der Waals surface area contributed by atoms with Crippen LogP contribution in [0.15, 0.2) is 0 Å². The third-order valence-electron chi connectivity index (χ3n) is 0.408. The van der Waals surface area contributed by atoms with Crippen LogP contribution in [0.25, 0.3) is 0 Å². The van der Waals surface area contributed by atoms with Crippen LogP contribution in [0.3, 0.4) is 0 Å². The van der Waals surface area contributed by atoms with Crippen molar-refractivity contribution < 1.29 is 49.1 Å². The summed E-state index contributed by atoms with van der Waals surface area (Å²) in [4.78, 5) is 17.8. The zero-order chi connectivity index (χ0) is 12.1. The van der Waals surface area contributed by atoms with E-state index in [4.69, 9.17) is 24.9 Å². The number of carbonyl (C=O) groups excluding carboxylic acids is 2. The number of carboxylic acids is 2. The molecular weight excluding hydrogens is 257 g/mol. The van der Waals surface area contributed by atoms with Gasteiger partial charge in [0.1, 0.15) is 0 Å². The first kappa shape index (κ1) is 24.0. The monoisotopic (exact) mass is 272 g/mol. The van der Waals surface area contributed by atoms with Crippen molar-refractivity contribution in [3.63, 3.8) is 0 Å². The Morgan fingerprint density at radius 1 is 1.27 bits per heavy atom. The normalized spacial score (nSPS) is 9.13. The Hall–Kier alpha value is -0.517. The van der Waals surface area contributed by atoms with Gasteiger partial charge in [0.05, 0.1) is 12.7 Å².